The second-order valence-electron chi connectivity index (χ2n) is 2.43. The van der Waals surface area contributed by atoms with Crippen LogP contribution in [0.2, 0.25) is 0 Å². The number of aromatic hydroxyl groups is 1. The molecule has 0 unspecified atom stereocenters. The Bertz CT molecular complexity index is 349. The van der Waals surface area contributed by atoms with E-state index in [4.69, 9.17) is 10.2 Å². The van der Waals surface area contributed by atoms with Crippen molar-refractivity contribution in [2.24, 2.45) is 0 Å². The highest BCUT2D eigenvalue weighted by atomic mass is 19.2. The number of carbonyl (C=O) groups is 1. The maximum Gasteiger partial charge on any atom is 0.308 e. The van der Waals surface area contributed by atoms with Gasteiger partial charge in [0, 0.05) is 5.56 Å². The van der Waals surface area contributed by atoms with E-state index in [-0.39, 0.29) is 0 Å². The summed E-state index contributed by atoms with van der Waals surface area (Å²) >= 11 is 0. The third-order valence-electron chi connectivity index (χ3n) is 1.50. The predicted molar refractivity (Wildman–Crippen MR) is 39.4 cm³/mol. The lowest BCUT2D eigenvalue weighted by Crippen LogP contribution is -2.04. The molecule has 0 aliphatic heterocycles. The minimum absolute atomic E-state index is 0.535. The van der Waals surface area contributed by atoms with E-state index >= 15 is 0 Å². The van der Waals surface area contributed by atoms with Crippen LogP contribution in [0.3, 0.4) is 0 Å². The molecule has 0 heterocycles. The number of phenols is 1. The van der Waals surface area contributed by atoms with E-state index in [1.807, 2.05) is 0 Å². The molecule has 0 bridgehead atoms. The number of carboxylic acid groups (broad SMARTS) is 1. The molecule has 0 amide bonds. The van der Waals surface area contributed by atoms with Gasteiger partial charge in [-0.1, -0.05) is 0 Å². The maximum absolute atomic E-state index is 12.8. The van der Waals surface area contributed by atoms with E-state index in [0.29, 0.717) is 0 Å². The van der Waals surface area contributed by atoms with Gasteiger partial charge >= 0.3 is 5.97 Å². The Hall–Kier alpha value is -1.65. The molecule has 0 saturated carbocycles. The van der Waals surface area contributed by atoms with Gasteiger partial charge in [0.15, 0.2) is 11.6 Å². The Morgan fingerprint density at radius 3 is 2.54 bits per heavy atom. The smallest absolute Gasteiger partial charge is 0.308 e. The van der Waals surface area contributed by atoms with Gasteiger partial charge in [-0.2, -0.15) is 0 Å². The topological polar surface area (TPSA) is 57.5 Å². The van der Waals surface area contributed by atoms with Gasteiger partial charge in [-0.15, -0.1) is 0 Å². The van der Waals surface area contributed by atoms with Crippen molar-refractivity contribution < 1.29 is 23.8 Å². The number of aliphatic carboxylic acids is 1. The Labute approximate surface area is 72.2 Å². The molecule has 0 aromatic heterocycles. The molecule has 3 nitrogen and oxygen atoms in total. The molecule has 13 heavy (non-hydrogen) atoms. The highest BCUT2D eigenvalue weighted by Gasteiger charge is 2.15. The first-order valence-corrected chi connectivity index (χ1v) is 3.40. The fourth-order valence-corrected chi connectivity index (χ4v) is 0.902. The summed E-state index contributed by atoms with van der Waals surface area (Å²) in [5.41, 5.74) is -0.535. The largest absolute Gasteiger partial charge is 0.508 e. The van der Waals surface area contributed by atoms with Crippen LogP contribution in [0.5, 0.6) is 5.75 Å². The molecule has 1 rings (SSSR count). The highest BCUT2D eigenvalue weighted by molar-refractivity contribution is 5.71. The third-order valence-corrected chi connectivity index (χ3v) is 1.50. The summed E-state index contributed by atoms with van der Waals surface area (Å²) < 4.78 is 25.4. The SMILES string of the molecule is O=C(O)Cc1c(O)ccc(F)c1F. The van der Waals surface area contributed by atoms with Crippen LogP contribution >= 0.6 is 0 Å². The molecule has 0 atom stereocenters. The van der Waals surface area contributed by atoms with Gasteiger partial charge in [-0.05, 0) is 12.1 Å². The second kappa shape index (κ2) is 3.38. The van der Waals surface area contributed by atoms with Crippen molar-refractivity contribution in [3.63, 3.8) is 0 Å². The number of benzene rings is 1. The fourth-order valence-electron chi connectivity index (χ4n) is 0.902. The molecular formula is C8H6F2O3. The Kier molecular flexibility index (Phi) is 2.46. The summed E-state index contributed by atoms with van der Waals surface area (Å²) in [5.74, 6) is -4.38. The zero-order valence-corrected chi connectivity index (χ0v) is 6.42. The average molecular weight is 188 g/mol. The standard InChI is InChI=1S/C8H6F2O3/c9-5-1-2-6(11)4(8(5)10)3-7(12)13/h1-2,11H,3H2,(H,12,13). The summed E-state index contributed by atoms with van der Waals surface area (Å²) in [5, 5.41) is 17.3. The number of carboxylic acids is 1. The molecule has 2 N–H and O–H groups in total. The Morgan fingerprint density at radius 2 is 2.00 bits per heavy atom. The lowest BCUT2D eigenvalue weighted by atomic mass is 10.1. The molecule has 0 aliphatic rings. The number of hydrogen-bond acceptors (Lipinski definition) is 2. The quantitative estimate of drug-likeness (QED) is 0.735. The van der Waals surface area contributed by atoms with Crippen molar-refractivity contribution in [2.45, 2.75) is 6.42 Å². The van der Waals surface area contributed by atoms with Crippen LogP contribution < -0.4 is 0 Å². The van der Waals surface area contributed by atoms with E-state index in [1.54, 1.807) is 0 Å². The van der Waals surface area contributed by atoms with Crippen LogP contribution in [0.25, 0.3) is 0 Å². The van der Waals surface area contributed by atoms with Crippen molar-refractivity contribution in [1.82, 2.24) is 0 Å². The molecule has 0 radical (unpaired) electrons. The minimum Gasteiger partial charge on any atom is -0.508 e. The molecule has 70 valence electrons. The monoisotopic (exact) mass is 188 g/mol. The van der Waals surface area contributed by atoms with Crippen LogP contribution in [0, 0.1) is 11.6 Å². The average Bonchev–Trinajstić information content (AvgIpc) is 2.05. The van der Waals surface area contributed by atoms with Crippen LogP contribution in [-0.4, -0.2) is 16.2 Å². The summed E-state index contributed by atoms with van der Waals surface area (Å²) in [4.78, 5) is 10.2. The minimum atomic E-state index is -1.33. The number of halogens is 2. The van der Waals surface area contributed by atoms with E-state index in [2.05, 4.69) is 0 Å². The van der Waals surface area contributed by atoms with Crippen molar-refractivity contribution >= 4 is 5.97 Å². The van der Waals surface area contributed by atoms with E-state index in [9.17, 15) is 13.6 Å². The van der Waals surface area contributed by atoms with Crippen molar-refractivity contribution in [1.29, 1.82) is 0 Å². The molecule has 0 spiro atoms. The van der Waals surface area contributed by atoms with Crippen molar-refractivity contribution in [3.8, 4) is 5.75 Å². The first kappa shape index (κ1) is 9.44. The van der Waals surface area contributed by atoms with E-state index in [0.717, 1.165) is 12.1 Å². The summed E-state index contributed by atoms with van der Waals surface area (Å²) in [6.45, 7) is 0. The number of phenolic OH excluding ortho intramolecular Hbond substituents is 1. The lowest BCUT2D eigenvalue weighted by Gasteiger charge is -2.03. The van der Waals surface area contributed by atoms with E-state index in [1.165, 1.54) is 0 Å². The zero-order chi connectivity index (χ0) is 10.0. The zero-order valence-electron chi connectivity index (χ0n) is 6.42. The molecule has 0 aliphatic carbocycles. The van der Waals surface area contributed by atoms with Gasteiger partial charge in [0.25, 0.3) is 0 Å². The molecule has 5 heteroatoms. The molecule has 0 saturated heterocycles. The van der Waals surface area contributed by atoms with Crippen LogP contribution in [0.15, 0.2) is 12.1 Å². The Balaban J connectivity index is 3.17. The molecule has 1 aromatic carbocycles. The summed E-state index contributed by atoms with van der Waals surface area (Å²) in [6.07, 6.45) is -0.741. The van der Waals surface area contributed by atoms with Crippen molar-refractivity contribution in [3.05, 3.63) is 29.3 Å². The van der Waals surface area contributed by atoms with Gasteiger partial charge in [0.05, 0.1) is 6.42 Å². The molecule has 1 aromatic rings. The van der Waals surface area contributed by atoms with Gasteiger partial charge in [0.1, 0.15) is 5.75 Å². The first-order chi connectivity index (χ1) is 6.02. The first-order valence-electron chi connectivity index (χ1n) is 3.40. The third kappa shape index (κ3) is 1.93. The van der Waals surface area contributed by atoms with Crippen LogP contribution in [0.1, 0.15) is 5.56 Å². The van der Waals surface area contributed by atoms with Crippen LogP contribution in [-0.2, 0) is 11.2 Å². The van der Waals surface area contributed by atoms with Crippen molar-refractivity contribution in [2.75, 3.05) is 0 Å². The number of hydrogen-bond donors (Lipinski definition) is 2. The van der Waals surface area contributed by atoms with E-state index < -0.39 is 35.3 Å². The normalized spacial score (nSPS) is 10.0. The lowest BCUT2D eigenvalue weighted by molar-refractivity contribution is -0.136. The Morgan fingerprint density at radius 1 is 1.38 bits per heavy atom. The van der Waals surface area contributed by atoms with Gasteiger partial charge < -0.3 is 10.2 Å². The molecular weight excluding hydrogens is 182 g/mol. The summed E-state index contributed by atoms with van der Waals surface area (Å²) in [7, 11) is 0. The predicted octanol–water partition coefficient (Wildman–Crippen LogP) is 1.30. The van der Waals surface area contributed by atoms with Gasteiger partial charge in [-0.25, -0.2) is 8.78 Å². The van der Waals surface area contributed by atoms with Gasteiger partial charge in [-0.3, -0.25) is 4.79 Å². The molecule has 0 fully saturated rings. The maximum atomic E-state index is 12.8. The fraction of sp³-hybridized carbons (Fsp3) is 0.125. The highest BCUT2D eigenvalue weighted by Crippen LogP contribution is 2.22. The number of rotatable bonds is 2. The van der Waals surface area contributed by atoms with Gasteiger partial charge in [0.2, 0.25) is 0 Å². The second-order valence-corrected chi connectivity index (χ2v) is 2.43. The van der Waals surface area contributed by atoms with Crippen LogP contribution in [0.4, 0.5) is 8.78 Å². The summed E-state index contributed by atoms with van der Waals surface area (Å²) in [6, 6.07) is 1.65.